The van der Waals surface area contributed by atoms with Crippen LogP contribution in [-0.4, -0.2) is 33.5 Å². The molecule has 3 N–H and O–H groups in total. The number of benzene rings is 2. The van der Waals surface area contributed by atoms with Crippen LogP contribution in [0.1, 0.15) is 44.7 Å². The molecule has 1 aliphatic rings. The van der Waals surface area contributed by atoms with Crippen LogP contribution in [0.3, 0.4) is 0 Å². The summed E-state index contributed by atoms with van der Waals surface area (Å²) in [4.78, 5) is 11.1. The van der Waals surface area contributed by atoms with Crippen molar-refractivity contribution in [2.45, 2.75) is 45.8 Å². The third-order valence-electron chi connectivity index (χ3n) is 6.28. The van der Waals surface area contributed by atoms with Gasteiger partial charge in [-0.25, -0.2) is 8.78 Å². The minimum atomic E-state index is -1.19. The van der Waals surface area contributed by atoms with Gasteiger partial charge in [-0.15, -0.1) is 0 Å². The molecule has 180 valence electrons. The first-order valence-corrected chi connectivity index (χ1v) is 11.2. The van der Waals surface area contributed by atoms with E-state index in [2.05, 4.69) is 13.8 Å². The van der Waals surface area contributed by atoms with Crippen LogP contribution < -0.4 is 0 Å². The standard InChI is InChI=1S/C28H30F2O4/c1-17(27(33)34)26(32)15-23(31)12-13-25-24(19-6-10-22(30)11-7-19)14-20(16-28(25,2)3)18-4-8-21(29)9-5-18/h4-14,17,23,26,31-32H,15-16H2,1-3H3,(H,33,34). The van der Waals surface area contributed by atoms with Crippen LogP contribution in [0.15, 0.2) is 72.3 Å². The summed E-state index contributed by atoms with van der Waals surface area (Å²) < 4.78 is 27.1. The highest BCUT2D eigenvalue weighted by Gasteiger charge is 2.31. The van der Waals surface area contributed by atoms with Crippen molar-refractivity contribution in [3.05, 3.63) is 95.1 Å². The molecule has 2 aromatic rings. The summed E-state index contributed by atoms with van der Waals surface area (Å²) in [5, 5.41) is 29.6. The summed E-state index contributed by atoms with van der Waals surface area (Å²) in [5.41, 5.74) is 4.06. The van der Waals surface area contributed by atoms with Crippen LogP contribution in [0.2, 0.25) is 0 Å². The summed E-state index contributed by atoms with van der Waals surface area (Å²) in [7, 11) is 0. The van der Waals surface area contributed by atoms with E-state index in [9.17, 15) is 23.8 Å². The molecular weight excluding hydrogens is 438 g/mol. The topological polar surface area (TPSA) is 77.8 Å². The first-order chi connectivity index (χ1) is 16.0. The van der Waals surface area contributed by atoms with Crippen molar-refractivity contribution >= 4 is 17.1 Å². The Kier molecular flexibility index (Phi) is 7.85. The molecule has 0 saturated carbocycles. The van der Waals surface area contributed by atoms with E-state index in [4.69, 9.17) is 5.11 Å². The number of rotatable bonds is 8. The molecule has 0 spiro atoms. The summed E-state index contributed by atoms with van der Waals surface area (Å²) in [6.07, 6.45) is 3.65. The van der Waals surface area contributed by atoms with E-state index in [1.165, 1.54) is 31.2 Å². The molecule has 2 aromatic carbocycles. The minimum absolute atomic E-state index is 0.111. The van der Waals surface area contributed by atoms with Crippen molar-refractivity contribution in [2.75, 3.05) is 0 Å². The van der Waals surface area contributed by atoms with Gasteiger partial charge in [-0.1, -0.05) is 56.3 Å². The predicted octanol–water partition coefficient (Wildman–Crippen LogP) is 5.62. The number of carbonyl (C=O) groups is 1. The zero-order chi connectivity index (χ0) is 25.0. The largest absolute Gasteiger partial charge is 0.481 e. The van der Waals surface area contributed by atoms with Crippen LogP contribution in [0, 0.1) is 23.0 Å². The van der Waals surface area contributed by atoms with Gasteiger partial charge in [-0.3, -0.25) is 4.79 Å². The van der Waals surface area contributed by atoms with Crippen LogP contribution in [-0.2, 0) is 4.79 Å². The maximum Gasteiger partial charge on any atom is 0.308 e. The Labute approximate surface area is 198 Å². The second-order valence-electron chi connectivity index (χ2n) is 9.43. The van der Waals surface area contributed by atoms with Crippen molar-refractivity contribution in [3.8, 4) is 0 Å². The van der Waals surface area contributed by atoms with Gasteiger partial charge >= 0.3 is 5.97 Å². The van der Waals surface area contributed by atoms with Gasteiger partial charge in [0.15, 0.2) is 0 Å². The number of hydrogen-bond donors (Lipinski definition) is 3. The molecule has 3 unspecified atom stereocenters. The van der Waals surface area contributed by atoms with Crippen LogP contribution in [0.25, 0.3) is 11.1 Å². The zero-order valence-electron chi connectivity index (χ0n) is 19.5. The van der Waals surface area contributed by atoms with Crippen LogP contribution in [0.4, 0.5) is 8.78 Å². The molecule has 0 heterocycles. The van der Waals surface area contributed by atoms with Gasteiger partial charge < -0.3 is 15.3 Å². The molecule has 0 fully saturated rings. The molecule has 1 aliphatic carbocycles. The lowest BCUT2D eigenvalue weighted by Gasteiger charge is -2.34. The number of halogens is 2. The van der Waals surface area contributed by atoms with Gasteiger partial charge in [-0.05, 0) is 70.9 Å². The minimum Gasteiger partial charge on any atom is -0.481 e. The van der Waals surface area contributed by atoms with E-state index in [1.807, 2.05) is 6.08 Å². The van der Waals surface area contributed by atoms with Gasteiger partial charge in [0.1, 0.15) is 11.6 Å². The molecule has 0 amide bonds. The summed E-state index contributed by atoms with van der Waals surface area (Å²) in [6, 6.07) is 12.4. The number of aliphatic hydroxyl groups is 2. The van der Waals surface area contributed by atoms with Crippen molar-refractivity contribution in [1.29, 1.82) is 0 Å². The van der Waals surface area contributed by atoms with E-state index < -0.39 is 24.1 Å². The van der Waals surface area contributed by atoms with Crippen molar-refractivity contribution < 1.29 is 28.9 Å². The third kappa shape index (κ3) is 6.07. The van der Waals surface area contributed by atoms with Gasteiger partial charge in [0.05, 0.1) is 18.1 Å². The summed E-state index contributed by atoms with van der Waals surface area (Å²) in [6.45, 7) is 5.51. The highest BCUT2D eigenvalue weighted by Crippen LogP contribution is 2.46. The normalized spacial score (nSPS) is 18.5. The first kappa shape index (κ1) is 25.5. The Morgan fingerprint density at radius 2 is 1.53 bits per heavy atom. The van der Waals surface area contributed by atoms with Crippen LogP contribution in [0.5, 0.6) is 0 Å². The van der Waals surface area contributed by atoms with E-state index >= 15 is 0 Å². The lowest BCUT2D eigenvalue weighted by Crippen LogP contribution is -2.28. The fraction of sp³-hybridized carbons (Fsp3) is 0.321. The zero-order valence-corrected chi connectivity index (χ0v) is 19.5. The Morgan fingerprint density at radius 3 is 2.06 bits per heavy atom. The predicted molar refractivity (Wildman–Crippen MR) is 129 cm³/mol. The van der Waals surface area contributed by atoms with Crippen LogP contribution >= 0.6 is 0 Å². The summed E-state index contributed by atoms with van der Waals surface area (Å²) >= 11 is 0. The highest BCUT2D eigenvalue weighted by molar-refractivity contribution is 5.90. The smallest absolute Gasteiger partial charge is 0.308 e. The molecule has 3 rings (SSSR count). The molecule has 0 aromatic heterocycles. The number of aliphatic hydroxyl groups excluding tert-OH is 2. The molecule has 0 bridgehead atoms. The van der Waals surface area contributed by atoms with Crippen molar-refractivity contribution in [3.63, 3.8) is 0 Å². The maximum atomic E-state index is 13.6. The second kappa shape index (κ2) is 10.5. The third-order valence-corrected chi connectivity index (χ3v) is 6.28. The number of carboxylic acid groups (broad SMARTS) is 1. The Balaban J connectivity index is 2.02. The lowest BCUT2D eigenvalue weighted by atomic mass is 9.70. The van der Waals surface area contributed by atoms with Crippen molar-refractivity contribution in [2.24, 2.45) is 11.3 Å². The Bertz CT molecular complexity index is 1110. The Morgan fingerprint density at radius 1 is 1.00 bits per heavy atom. The molecule has 4 nitrogen and oxygen atoms in total. The summed E-state index contributed by atoms with van der Waals surface area (Å²) in [5.74, 6) is -2.79. The maximum absolute atomic E-state index is 13.6. The van der Waals surface area contributed by atoms with E-state index in [-0.39, 0.29) is 23.5 Å². The number of hydrogen-bond acceptors (Lipinski definition) is 3. The van der Waals surface area contributed by atoms with Gasteiger partial charge in [-0.2, -0.15) is 0 Å². The molecular formula is C28H30F2O4. The number of allylic oxidation sites excluding steroid dienone is 5. The Hall–Kier alpha value is -3.09. The van der Waals surface area contributed by atoms with E-state index in [1.54, 1.807) is 36.4 Å². The molecule has 0 radical (unpaired) electrons. The number of aliphatic carboxylic acids is 1. The average molecular weight is 469 g/mol. The van der Waals surface area contributed by atoms with E-state index in [0.29, 0.717) is 6.42 Å². The molecule has 34 heavy (non-hydrogen) atoms. The monoisotopic (exact) mass is 468 g/mol. The van der Waals surface area contributed by atoms with Gasteiger partial charge in [0.2, 0.25) is 0 Å². The lowest BCUT2D eigenvalue weighted by molar-refractivity contribution is -0.145. The van der Waals surface area contributed by atoms with Gasteiger partial charge in [0.25, 0.3) is 0 Å². The number of carboxylic acids is 1. The molecule has 0 aliphatic heterocycles. The molecule has 6 heteroatoms. The first-order valence-electron chi connectivity index (χ1n) is 11.2. The fourth-order valence-electron chi connectivity index (χ4n) is 4.17. The molecule has 3 atom stereocenters. The average Bonchev–Trinajstić information content (AvgIpc) is 2.77. The van der Waals surface area contributed by atoms with Gasteiger partial charge in [0, 0.05) is 6.42 Å². The highest BCUT2D eigenvalue weighted by atomic mass is 19.1. The fourth-order valence-corrected chi connectivity index (χ4v) is 4.17. The van der Waals surface area contributed by atoms with Crippen molar-refractivity contribution in [1.82, 2.24) is 0 Å². The van der Waals surface area contributed by atoms with E-state index in [0.717, 1.165) is 27.8 Å². The molecule has 0 saturated heterocycles. The second-order valence-corrected chi connectivity index (χ2v) is 9.43. The SMILES string of the molecule is CC(C(=O)O)C(O)CC(O)C=CC1=C(c2ccc(F)cc2)C=C(c2ccc(F)cc2)CC1(C)C. The quantitative estimate of drug-likeness (QED) is 0.470.